The molecule has 2 aliphatic rings. The number of hydrogen-bond donors (Lipinski definition) is 6. The number of carbonyl (C=O) groups excluding carboxylic acids is 4. The Morgan fingerprint density at radius 3 is 2.07 bits per heavy atom. The molecule has 3 rings (SSSR count). The van der Waals surface area contributed by atoms with Crippen molar-refractivity contribution in [3.05, 3.63) is 23.8 Å². The third-order valence-electron chi connectivity index (χ3n) is 10.0. The van der Waals surface area contributed by atoms with Crippen LogP contribution < -0.4 is 15.4 Å². The summed E-state index contributed by atoms with van der Waals surface area (Å²) in [6.45, 7) is 20.5. The molecule has 0 aliphatic carbocycles. The SMILES string of the molecule is CC(C)(C)Cc1ccc(O[C@@H]2O[C@H](C(=O)O)[C@@H](O)[C@H](O)[C@H]2O)c(NC(=O)CCNC(=O)CCOC(C)(C)CCOC(C)(C)CCN2C(=O)CC(C(C)(C)C)C2=O)c1. The summed E-state index contributed by atoms with van der Waals surface area (Å²) in [5.74, 6) is -2.90. The van der Waals surface area contributed by atoms with E-state index in [1.165, 1.54) is 11.0 Å². The monoisotopic (exact) mass is 807 g/mol. The number of likely N-dealkylation sites (tertiary alicyclic amines) is 1. The molecular weight excluding hydrogens is 742 g/mol. The van der Waals surface area contributed by atoms with Gasteiger partial charge in [0.15, 0.2) is 6.10 Å². The lowest BCUT2D eigenvalue weighted by Gasteiger charge is -2.38. The van der Waals surface area contributed by atoms with Gasteiger partial charge in [0.05, 0.1) is 36.0 Å². The number of nitrogens with zero attached hydrogens (tertiary/aromatic N) is 1. The van der Waals surface area contributed by atoms with E-state index in [-0.39, 0.29) is 78.3 Å². The van der Waals surface area contributed by atoms with Crippen molar-refractivity contribution in [3.8, 4) is 5.75 Å². The minimum atomic E-state index is -1.89. The van der Waals surface area contributed by atoms with Crippen molar-refractivity contribution in [2.75, 3.05) is 31.6 Å². The largest absolute Gasteiger partial charge is 0.479 e. The summed E-state index contributed by atoms with van der Waals surface area (Å²) in [4.78, 5) is 63.9. The first kappa shape index (κ1) is 47.7. The van der Waals surface area contributed by atoms with Crippen LogP contribution in [0.4, 0.5) is 5.69 Å². The summed E-state index contributed by atoms with van der Waals surface area (Å²) in [5, 5.41) is 45.6. The van der Waals surface area contributed by atoms with Crippen molar-refractivity contribution in [1.29, 1.82) is 0 Å². The lowest BCUT2D eigenvalue weighted by molar-refractivity contribution is -0.271. The van der Waals surface area contributed by atoms with E-state index in [1.54, 1.807) is 12.1 Å². The summed E-state index contributed by atoms with van der Waals surface area (Å²) < 4.78 is 23.1. The minimum Gasteiger partial charge on any atom is -0.479 e. The summed E-state index contributed by atoms with van der Waals surface area (Å²) in [5.41, 5.74) is -0.530. The van der Waals surface area contributed by atoms with Gasteiger partial charge in [-0.3, -0.25) is 24.1 Å². The molecule has 0 radical (unpaired) electrons. The molecule has 0 aromatic heterocycles. The molecule has 0 spiro atoms. The Balaban J connectivity index is 1.44. The van der Waals surface area contributed by atoms with Gasteiger partial charge in [-0.05, 0) is 75.5 Å². The van der Waals surface area contributed by atoms with Crippen LogP contribution in [0.5, 0.6) is 5.75 Å². The van der Waals surface area contributed by atoms with Gasteiger partial charge in [0, 0.05) is 32.4 Å². The lowest BCUT2D eigenvalue weighted by Crippen LogP contribution is -2.61. The number of nitrogens with one attached hydrogen (secondary N) is 2. The number of imide groups is 1. The van der Waals surface area contributed by atoms with Crippen molar-refractivity contribution in [3.63, 3.8) is 0 Å². The maximum atomic E-state index is 13.0. The molecule has 57 heavy (non-hydrogen) atoms. The molecule has 4 amide bonds. The van der Waals surface area contributed by atoms with Crippen LogP contribution in [0.25, 0.3) is 0 Å². The molecule has 322 valence electrons. The zero-order chi connectivity index (χ0) is 43.1. The second kappa shape index (κ2) is 19.4. The molecule has 6 atom stereocenters. The number of amides is 4. The Hall–Kier alpha value is -3.67. The van der Waals surface area contributed by atoms with Crippen molar-refractivity contribution in [2.24, 2.45) is 16.7 Å². The molecule has 16 heteroatoms. The Bertz CT molecular complexity index is 1580. The van der Waals surface area contributed by atoms with E-state index in [9.17, 15) is 44.4 Å². The molecule has 2 fully saturated rings. The summed E-state index contributed by atoms with van der Waals surface area (Å²) in [6, 6.07) is 4.95. The number of carboxylic acid groups (broad SMARTS) is 1. The van der Waals surface area contributed by atoms with Gasteiger partial charge in [0.1, 0.15) is 24.1 Å². The molecule has 1 aromatic carbocycles. The third-order valence-corrected chi connectivity index (χ3v) is 10.0. The third kappa shape index (κ3) is 14.6. The number of hydrogen-bond acceptors (Lipinski definition) is 12. The number of carboxylic acids is 1. The lowest BCUT2D eigenvalue weighted by atomic mass is 9.80. The van der Waals surface area contributed by atoms with Gasteiger partial charge < -0.3 is 50.0 Å². The van der Waals surface area contributed by atoms with Gasteiger partial charge in [-0.15, -0.1) is 0 Å². The highest BCUT2D eigenvalue weighted by Gasteiger charge is 2.48. The zero-order valence-electron chi connectivity index (χ0n) is 35.2. The highest BCUT2D eigenvalue weighted by molar-refractivity contribution is 6.03. The highest BCUT2D eigenvalue weighted by Crippen LogP contribution is 2.36. The number of carbonyl (C=O) groups is 5. The van der Waals surface area contributed by atoms with E-state index in [0.717, 1.165) is 5.56 Å². The average Bonchev–Trinajstić information content (AvgIpc) is 3.36. The van der Waals surface area contributed by atoms with Crippen molar-refractivity contribution < 1.29 is 63.3 Å². The summed E-state index contributed by atoms with van der Waals surface area (Å²) in [6.07, 6.45) is -7.24. The second-order valence-corrected chi connectivity index (χ2v) is 18.5. The van der Waals surface area contributed by atoms with E-state index in [2.05, 4.69) is 10.6 Å². The molecule has 2 aliphatic heterocycles. The smallest absolute Gasteiger partial charge is 0.335 e. The van der Waals surface area contributed by atoms with E-state index in [4.69, 9.17) is 18.9 Å². The first-order chi connectivity index (χ1) is 26.2. The number of aliphatic hydroxyl groups excluding tert-OH is 3. The topological polar surface area (TPSA) is 230 Å². The fraction of sp³-hybridized carbons (Fsp3) is 0.732. The number of benzene rings is 1. The first-order valence-electron chi connectivity index (χ1n) is 19.6. The molecule has 6 N–H and O–H groups in total. The Morgan fingerprint density at radius 1 is 0.842 bits per heavy atom. The van der Waals surface area contributed by atoms with Crippen LogP contribution in [0.3, 0.4) is 0 Å². The van der Waals surface area contributed by atoms with Crippen LogP contribution in [0.1, 0.15) is 107 Å². The first-order valence-corrected chi connectivity index (χ1v) is 19.6. The van der Waals surface area contributed by atoms with Crippen LogP contribution in [-0.4, -0.2) is 123 Å². The van der Waals surface area contributed by atoms with E-state index in [0.29, 0.717) is 32.4 Å². The molecule has 0 bridgehead atoms. The maximum Gasteiger partial charge on any atom is 0.335 e. The predicted molar refractivity (Wildman–Crippen MR) is 209 cm³/mol. The van der Waals surface area contributed by atoms with Gasteiger partial charge in [-0.1, -0.05) is 47.6 Å². The Labute approximate surface area is 335 Å². The van der Waals surface area contributed by atoms with Gasteiger partial charge in [-0.2, -0.15) is 0 Å². The predicted octanol–water partition coefficient (Wildman–Crippen LogP) is 3.17. The average molecular weight is 808 g/mol. The van der Waals surface area contributed by atoms with Crippen LogP contribution >= 0.6 is 0 Å². The summed E-state index contributed by atoms with van der Waals surface area (Å²) >= 11 is 0. The van der Waals surface area contributed by atoms with Crippen LogP contribution in [0.15, 0.2) is 18.2 Å². The van der Waals surface area contributed by atoms with Gasteiger partial charge in [-0.25, -0.2) is 4.79 Å². The molecule has 1 unspecified atom stereocenters. The standard InChI is InChI=1S/C41H65N3O13/c1-38(2,3)23-24-11-12-27(56-37-33(50)31(48)32(49)34(57-37)36(52)53)26(21-24)43-29(46)13-17-42-28(45)14-19-54-41(9,10)16-20-55-40(7,8)15-18-44-30(47)22-25(35(44)51)39(4,5)6/h11-12,21,25,31-34,37,48-50H,13-20,22-23H2,1-10H3,(H,42,45)(H,43,46)(H,52,53)/t25?,31-,32-,33+,34-,37+/m0/s1. The molecule has 1 aromatic rings. The highest BCUT2D eigenvalue weighted by atomic mass is 16.7. The van der Waals surface area contributed by atoms with E-state index in [1.807, 2.05) is 69.2 Å². The number of anilines is 1. The van der Waals surface area contributed by atoms with E-state index < -0.39 is 53.8 Å². The Kier molecular flexibility index (Phi) is 16.2. The van der Waals surface area contributed by atoms with Gasteiger partial charge >= 0.3 is 5.97 Å². The number of ether oxygens (including phenoxy) is 4. The number of aliphatic carboxylic acids is 1. The van der Waals surface area contributed by atoms with Gasteiger partial charge in [0.25, 0.3) is 0 Å². The quantitative estimate of drug-likeness (QED) is 0.111. The molecular formula is C41H65N3O13. The zero-order valence-corrected chi connectivity index (χ0v) is 35.2. The normalized spacial score (nSPS) is 23.4. The fourth-order valence-electron chi connectivity index (χ4n) is 6.50. The number of rotatable bonds is 19. The van der Waals surface area contributed by atoms with Crippen molar-refractivity contribution >= 4 is 35.3 Å². The van der Waals surface area contributed by atoms with Crippen LogP contribution in [0.2, 0.25) is 0 Å². The fourth-order valence-corrected chi connectivity index (χ4v) is 6.50. The molecule has 2 saturated heterocycles. The Morgan fingerprint density at radius 2 is 1.47 bits per heavy atom. The molecule has 16 nitrogen and oxygen atoms in total. The van der Waals surface area contributed by atoms with Gasteiger partial charge in [0.2, 0.25) is 29.9 Å². The molecule has 0 saturated carbocycles. The van der Waals surface area contributed by atoms with Crippen LogP contribution in [-0.2, 0) is 44.6 Å². The number of aliphatic hydroxyl groups is 3. The van der Waals surface area contributed by atoms with E-state index >= 15 is 0 Å². The molecule has 2 heterocycles. The van der Waals surface area contributed by atoms with Crippen molar-refractivity contribution in [2.45, 2.75) is 150 Å². The minimum absolute atomic E-state index is 0.0230. The second-order valence-electron chi connectivity index (χ2n) is 18.5. The van der Waals surface area contributed by atoms with Crippen molar-refractivity contribution in [1.82, 2.24) is 10.2 Å². The van der Waals surface area contributed by atoms with Crippen LogP contribution in [0, 0.1) is 16.7 Å². The summed E-state index contributed by atoms with van der Waals surface area (Å²) in [7, 11) is 0. The maximum absolute atomic E-state index is 13.0.